The summed E-state index contributed by atoms with van der Waals surface area (Å²) in [7, 11) is 1.46. The Kier molecular flexibility index (Phi) is 9.95. The second kappa shape index (κ2) is 12.9. The maximum atomic E-state index is 12.6. The van der Waals surface area contributed by atoms with Crippen molar-refractivity contribution >= 4 is 23.5 Å². The summed E-state index contributed by atoms with van der Waals surface area (Å²) < 4.78 is 15.9. The molecule has 0 saturated carbocycles. The largest absolute Gasteiger partial charge is 0.493 e. The maximum Gasteiger partial charge on any atom is 0.338 e. The fourth-order valence-corrected chi connectivity index (χ4v) is 3.00. The molecule has 0 atom stereocenters. The summed E-state index contributed by atoms with van der Waals surface area (Å²) in [6.07, 6.45) is 2.25. The summed E-state index contributed by atoms with van der Waals surface area (Å²) in [5, 5.41) is 2.80. The molecule has 0 spiro atoms. The van der Waals surface area contributed by atoms with E-state index in [9.17, 15) is 14.4 Å². The Labute approximate surface area is 194 Å². The lowest BCUT2D eigenvalue weighted by Gasteiger charge is -2.21. The van der Waals surface area contributed by atoms with Crippen molar-refractivity contribution in [2.75, 3.05) is 38.7 Å². The van der Waals surface area contributed by atoms with Gasteiger partial charge in [-0.3, -0.25) is 9.59 Å². The smallest absolute Gasteiger partial charge is 0.338 e. The van der Waals surface area contributed by atoms with Crippen molar-refractivity contribution in [2.45, 2.75) is 20.3 Å². The fourth-order valence-electron chi connectivity index (χ4n) is 3.00. The molecule has 0 radical (unpaired) electrons. The molecule has 0 fully saturated rings. The summed E-state index contributed by atoms with van der Waals surface area (Å²) in [6.45, 7) is 7.41. The average molecular weight is 455 g/mol. The van der Waals surface area contributed by atoms with Crippen molar-refractivity contribution < 1.29 is 28.6 Å². The van der Waals surface area contributed by atoms with Crippen LogP contribution in [0, 0.1) is 6.92 Å². The molecule has 0 aliphatic carbocycles. The number of esters is 1. The van der Waals surface area contributed by atoms with Crippen molar-refractivity contribution in [3.05, 3.63) is 66.2 Å². The monoisotopic (exact) mass is 454 g/mol. The van der Waals surface area contributed by atoms with Gasteiger partial charge >= 0.3 is 5.97 Å². The molecule has 2 aromatic rings. The number of methoxy groups -OCH3 is 1. The first-order chi connectivity index (χ1) is 15.9. The van der Waals surface area contributed by atoms with Crippen molar-refractivity contribution in [2.24, 2.45) is 0 Å². The zero-order valence-electron chi connectivity index (χ0n) is 19.3. The Morgan fingerprint density at radius 3 is 2.55 bits per heavy atom. The molecule has 1 N–H and O–H groups in total. The predicted molar refractivity (Wildman–Crippen MR) is 126 cm³/mol. The summed E-state index contributed by atoms with van der Waals surface area (Å²) in [5.41, 5.74) is 1.82. The van der Waals surface area contributed by atoms with E-state index in [1.165, 1.54) is 24.1 Å². The third-order valence-electron chi connectivity index (χ3n) is 4.68. The molecule has 0 saturated heterocycles. The van der Waals surface area contributed by atoms with E-state index < -0.39 is 18.5 Å². The van der Waals surface area contributed by atoms with Crippen molar-refractivity contribution in [1.82, 2.24) is 4.90 Å². The van der Waals surface area contributed by atoms with Crippen LogP contribution in [0.2, 0.25) is 0 Å². The zero-order chi connectivity index (χ0) is 24.2. The molecule has 0 aromatic heterocycles. The van der Waals surface area contributed by atoms with Crippen LogP contribution < -0.4 is 14.8 Å². The van der Waals surface area contributed by atoms with Gasteiger partial charge in [-0.05, 0) is 43.2 Å². The van der Waals surface area contributed by atoms with Crippen molar-refractivity contribution in [3.8, 4) is 11.5 Å². The van der Waals surface area contributed by atoms with Gasteiger partial charge in [-0.2, -0.15) is 0 Å². The Morgan fingerprint density at radius 2 is 1.88 bits per heavy atom. The molecule has 0 heterocycles. The first kappa shape index (κ1) is 25.5. The first-order valence-corrected chi connectivity index (χ1v) is 10.6. The van der Waals surface area contributed by atoms with E-state index in [0.717, 1.165) is 5.56 Å². The van der Waals surface area contributed by atoms with Crippen LogP contribution in [0.1, 0.15) is 29.3 Å². The van der Waals surface area contributed by atoms with E-state index in [1.807, 2.05) is 32.0 Å². The van der Waals surface area contributed by atoms with Crippen LogP contribution in [-0.4, -0.2) is 56.1 Å². The number of amides is 2. The summed E-state index contributed by atoms with van der Waals surface area (Å²) in [4.78, 5) is 38.9. The minimum absolute atomic E-state index is 0.137. The number of carbonyl (C=O) groups is 3. The maximum absolute atomic E-state index is 12.6. The standard InChI is InChI=1S/C25H30N2O6/c1-5-13-27(16-23(28)26-20-10-8-7-9-18(20)3)24(29)17-33-25(30)19-11-12-21(32-14-6-2)22(15-19)31-4/h6-12,15H,2,5,13-14,16-17H2,1,3-4H3,(H,26,28). The molecule has 0 bridgehead atoms. The quantitative estimate of drug-likeness (QED) is 0.389. The van der Waals surface area contributed by atoms with Gasteiger partial charge in [0.25, 0.3) is 5.91 Å². The van der Waals surface area contributed by atoms with Crippen LogP contribution in [0.25, 0.3) is 0 Å². The number of benzene rings is 2. The Morgan fingerprint density at radius 1 is 1.12 bits per heavy atom. The Bertz CT molecular complexity index is 989. The summed E-state index contributed by atoms with van der Waals surface area (Å²) >= 11 is 0. The molecular weight excluding hydrogens is 424 g/mol. The number of ether oxygens (including phenoxy) is 3. The van der Waals surface area contributed by atoms with Gasteiger partial charge in [-0.25, -0.2) is 4.79 Å². The van der Waals surface area contributed by atoms with Gasteiger partial charge in [-0.15, -0.1) is 0 Å². The zero-order valence-corrected chi connectivity index (χ0v) is 19.3. The number of nitrogens with one attached hydrogen (secondary N) is 1. The third-order valence-corrected chi connectivity index (χ3v) is 4.68. The minimum atomic E-state index is -0.683. The normalized spacial score (nSPS) is 10.2. The molecule has 33 heavy (non-hydrogen) atoms. The SMILES string of the molecule is C=CCOc1ccc(C(=O)OCC(=O)N(CCC)CC(=O)Nc2ccccc2C)cc1OC. The highest BCUT2D eigenvalue weighted by Crippen LogP contribution is 2.28. The molecule has 2 amide bonds. The molecule has 8 heteroatoms. The Balaban J connectivity index is 1.96. The average Bonchev–Trinajstić information content (AvgIpc) is 2.82. The molecule has 2 rings (SSSR count). The van der Waals surface area contributed by atoms with Crippen LogP contribution in [0.5, 0.6) is 11.5 Å². The fraction of sp³-hybridized carbons (Fsp3) is 0.320. The Hall–Kier alpha value is -3.81. The van der Waals surface area contributed by atoms with Gasteiger partial charge in [0.1, 0.15) is 6.61 Å². The van der Waals surface area contributed by atoms with Gasteiger partial charge in [-0.1, -0.05) is 37.8 Å². The summed E-state index contributed by atoms with van der Waals surface area (Å²) in [5.74, 6) is -0.644. The lowest BCUT2D eigenvalue weighted by molar-refractivity contribution is -0.137. The molecule has 0 aliphatic heterocycles. The predicted octanol–water partition coefficient (Wildman–Crippen LogP) is 3.60. The van der Waals surface area contributed by atoms with Gasteiger partial charge < -0.3 is 24.4 Å². The van der Waals surface area contributed by atoms with E-state index >= 15 is 0 Å². The second-order valence-electron chi connectivity index (χ2n) is 7.22. The molecular formula is C25H30N2O6. The third kappa shape index (κ3) is 7.68. The van der Waals surface area contributed by atoms with E-state index in [1.54, 1.807) is 18.2 Å². The second-order valence-corrected chi connectivity index (χ2v) is 7.22. The topological polar surface area (TPSA) is 94.2 Å². The molecule has 8 nitrogen and oxygen atoms in total. The van der Waals surface area contributed by atoms with E-state index in [2.05, 4.69) is 11.9 Å². The number of aryl methyl sites for hydroxylation is 1. The van der Waals surface area contributed by atoms with Gasteiger partial charge in [0, 0.05) is 12.2 Å². The lowest BCUT2D eigenvalue weighted by Crippen LogP contribution is -2.40. The van der Waals surface area contributed by atoms with E-state index in [4.69, 9.17) is 14.2 Å². The molecule has 2 aromatic carbocycles. The highest BCUT2D eigenvalue weighted by molar-refractivity contribution is 5.96. The van der Waals surface area contributed by atoms with Crippen LogP contribution in [0.15, 0.2) is 55.1 Å². The van der Waals surface area contributed by atoms with Crippen LogP contribution in [-0.2, 0) is 14.3 Å². The molecule has 0 unspecified atom stereocenters. The van der Waals surface area contributed by atoms with Crippen molar-refractivity contribution in [3.63, 3.8) is 0 Å². The van der Waals surface area contributed by atoms with Gasteiger partial charge in [0.2, 0.25) is 5.91 Å². The number of anilines is 1. The number of nitrogens with zero attached hydrogens (tertiary/aromatic N) is 1. The van der Waals surface area contributed by atoms with E-state index in [0.29, 0.717) is 36.8 Å². The minimum Gasteiger partial charge on any atom is -0.493 e. The molecule has 0 aliphatic rings. The van der Waals surface area contributed by atoms with Crippen LogP contribution >= 0.6 is 0 Å². The number of hydrogen-bond donors (Lipinski definition) is 1. The highest BCUT2D eigenvalue weighted by atomic mass is 16.5. The van der Waals surface area contributed by atoms with Gasteiger partial charge in [0.05, 0.1) is 19.2 Å². The number of hydrogen-bond acceptors (Lipinski definition) is 6. The number of rotatable bonds is 12. The summed E-state index contributed by atoms with van der Waals surface area (Å²) in [6, 6.07) is 12.0. The van der Waals surface area contributed by atoms with Gasteiger partial charge in [0.15, 0.2) is 18.1 Å². The van der Waals surface area contributed by atoms with Crippen LogP contribution in [0.4, 0.5) is 5.69 Å². The highest BCUT2D eigenvalue weighted by Gasteiger charge is 2.20. The molecule has 176 valence electrons. The first-order valence-electron chi connectivity index (χ1n) is 10.6. The lowest BCUT2D eigenvalue weighted by atomic mass is 10.2. The van der Waals surface area contributed by atoms with Crippen molar-refractivity contribution in [1.29, 1.82) is 0 Å². The van der Waals surface area contributed by atoms with E-state index in [-0.39, 0.29) is 18.0 Å². The van der Waals surface area contributed by atoms with Crippen LogP contribution in [0.3, 0.4) is 0 Å². The number of carbonyl (C=O) groups excluding carboxylic acids is 3. The number of para-hydroxylation sites is 1.